The lowest BCUT2D eigenvalue weighted by Crippen LogP contribution is -2.43. The van der Waals surface area contributed by atoms with Gasteiger partial charge >= 0.3 is 18.1 Å². The van der Waals surface area contributed by atoms with Gasteiger partial charge in [0.15, 0.2) is 5.82 Å². The Morgan fingerprint density at radius 3 is 2.81 bits per heavy atom. The number of amides is 1. The minimum absolute atomic E-state index is 0.0378. The summed E-state index contributed by atoms with van der Waals surface area (Å²) in [7, 11) is 1.36. The highest BCUT2D eigenvalue weighted by Gasteiger charge is 2.49. The van der Waals surface area contributed by atoms with Gasteiger partial charge in [0.1, 0.15) is 47.9 Å². The number of alkyl halides is 1. The number of hydrogen-bond donors (Lipinski definition) is 0. The number of esters is 1. The van der Waals surface area contributed by atoms with Gasteiger partial charge in [-0.25, -0.2) is 18.0 Å². The molecule has 15 heteroatoms. The van der Waals surface area contributed by atoms with E-state index in [0.717, 1.165) is 24.3 Å². The molecule has 5 heterocycles. The maximum atomic E-state index is 17.1. The van der Waals surface area contributed by atoms with Crippen molar-refractivity contribution < 1.29 is 41.7 Å². The number of benzene rings is 2. The van der Waals surface area contributed by atoms with E-state index in [4.69, 9.17) is 30.4 Å². The largest absolute Gasteiger partial charge is 0.465 e. The van der Waals surface area contributed by atoms with E-state index >= 15 is 8.78 Å². The SMILES string of the molecule is C#Cc1c(F)ccc2cc(OC(=O)N(C)CC(=O)OCC)cc(-c3ncc4c(N5CCCOCC5)nc(OC[C@@]56CCCN5C[C@H](F)C6)nc4c3F)c12. The fraction of sp³-hybridized carbons (Fsp3) is 0.447. The quantitative estimate of drug-likeness (QED) is 0.165. The molecule has 3 fully saturated rings. The van der Waals surface area contributed by atoms with Crippen LogP contribution in [-0.2, 0) is 14.3 Å². The Kier molecular flexibility index (Phi) is 10.3. The molecule has 0 unspecified atom stereocenters. The third-order valence-corrected chi connectivity index (χ3v) is 10.0. The average molecular weight is 733 g/mol. The Morgan fingerprint density at radius 1 is 1.15 bits per heavy atom. The smallest absolute Gasteiger partial charge is 0.415 e. The zero-order valence-corrected chi connectivity index (χ0v) is 29.5. The van der Waals surface area contributed by atoms with Crippen molar-refractivity contribution in [3.63, 3.8) is 0 Å². The second-order valence-electron chi connectivity index (χ2n) is 13.5. The van der Waals surface area contributed by atoms with Gasteiger partial charge in [-0.05, 0) is 56.3 Å². The van der Waals surface area contributed by atoms with Crippen molar-refractivity contribution in [3.05, 3.63) is 47.7 Å². The highest BCUT2D eigenvalue weighted by atomic mass is 19.1. The number of anilines is 1. The molecule has 3 aliphatic heterocycles. The van der Waals surface area contributed by atoms with Gasteiger partial charge in [-0.2, -0.15) is 9.97 Å². The van der Waals surface area contributed by atoms with Crippen molar-refractivity contribution in [3.8, 4) is 35.4 Å². The molecule has 3 saturated heterocycles. The second-order valence-corrected chi connectivity index (χ2v) is 13.5. The highest BCUT2D eigenvalue weighted by Crippen LogP contribution is 2.42. The molecule has 0 spiro atoms. The maximum absolute atomic E-state index is 17.1. The summed E-state index contributed by atoms with van der Waals surface area (Å²) in [6.45, 7) is 4.70. The first kappa shape index (κ1) is 36.2. The summed E-state index contributed by atoms with van der Waals surface area (Å²) < 4.78 is 69.3. The molecule has 12 nitrogen and oxygen atoms in total. The van der Waals surface area contributed by atoms with Crippen LogP contribution < -0.4 is 14.4 Å². The number of aromatic nitrogens is 3. The molecule has 0 saturated carbocycles. The Labute approximate surface area is 304 Å². The van der Waals surface area contributed by atoms with Crippen LogP contribution in [0.3, 0.4) is 0 Å². The van der Waals surface area contributed by atoms with Crippen molar-refractivity contribution in [2.75, 3.05) is 71.1 Å². The lowest BCUT2D eigenvalue weighted by atomic mass is 9.95. The van der Waals surface area contributed by atoms with Crippen LogP contribution >= 0.6 is 0 Å². The fourth-order valence-corrected chi connectivity index (χ4v) is 7.56. The maximum Gasteiger partial charge on any atom is 0.415 e. The number of carbonyl (C=O) groups excluding carboxylic acids is 2. The molecular formula is C38H39F3N6O6. The number of halogens is 3. The molecule has 0 radical (unpaired) electrons. The van der Waals surface area contributed by atoms with Crippen LogP contribution in [0.25, 0.3) is 32.9 Å². The molecule has 0 N–H and O–H groups in total. The molecule has 2 aromatic heterocycles. The summed E-state index contributed by atoms with van der Waals surface area (Å²) in [6.07, 6.45) is 8.07. The summed E-state index contributed by atoms with van der Waals surface area (Å²) in [5, 5.41) is 0.812. The van der Waals surface area contributed by atoms with Crippen molar-refractivity contribution in [1.82, 2.24) is 24.8 Å². The monoisotopic (exact) mass is 732 g/mol. The van der Waals surface area contributed by atoms with E-state index in [1.165, 1.54) is 37.5 Å². The standard InChI is InChI=1S/C38H39F3N6O6/c1-4-26-29(40)9-8-23-16-25(53-37(49)45(3)21-30(48)51-5-2)17-27(31(23)26)33-32(41)34-28(19-42-33)35(46-11-7-14-50-15-13-46)44-36(43-34)52-22-38-10-6-12-47(38)20-24(39)18-38/h1,8-9,16-17,19,24H,5-7,10-15,18,20-22H2,2-3H3/t24-,38+/m1/s1. The normalized spacial score (nSPS) is 20.2. The molecule has 0 bridgehead atoms. The molecule has 0 aliphatic carbocycles. The van der Waals surface area contributed by atoms with Crippen molar-refractivity contribution in [2.45, 2.75) is 44.3 Å². The van der Waals surface area contributed by atoms with Gasteiger partial charge < -0.3 is 23.8 Å². The molecule has 2 atom stereocenters. The van der Waals surface area contributed by atoms with E-state index in [2.05, 4.69) is 20.8 Å². The van der Waals surface area contributed by atoms with Gasteiger partial charge in [0.05, 0.1) is 29.7 Å². The van der Waals surface area contributed by atoms with Crippen LogP contribution in [0.1, 0.15) is 38.2 Å². The number of carbonyl (C=O) groups is 2. The number of nitrogens with zero attached hydrogens (tertiary/aromatic N) is 6. The van der Waals surface area contributed by atoms with Gasteiger partial charge in [-0.3, -0.25) is 19.6 Å². The summed E-state index contributed by atoms with van der Waals surface area (Å²) in [6, 6.07) is 5.31. The number of rotatable bonds is 9. The van der Waals surface area contributed by atoms with Crippen molar-refractivity contribution in [1.29, 1.82) is 0 Å². The van der Waals surface area contributed by atoms with E-state index in [1.54, 1.807) is 6.92 Å². The molecule has 3 aliphatic rings. The Balaban J connectivity index is 1.34. The summed E-state index contributed by atoms with van der Waals surface area (Å²) >= 11 is 0. The van der Waals surface area contributed by atoms with Crippen LogP contribution in [0.15, 0.2) is 30.5 Å². The average Bonchev–Trinajstić information content (AvgIpc) is 3.52. The van der Waals surface area contributed by atoms with Gasteiger partial charge in [-0.1, -0.05) is 12.0 Å². The topological polar surface area (TPSA) is 119 Å². The lowest BCUT2D eigenvalue weighted by molar-refractivity contribution is -0.143. The molecule has 53 heavy (non-hydrogen) atoms. The number of terminal acetylenes is 1. The number of pyridine rings is 1. The number of likely N-dealkylation sites (N-methyl/N-ethyl adjacent to an activating group) is 1. The van der Waals surface area contributed by atoms with Crippen LogP contribution in [-0.4, -0.2) is 115 Å². The minimum Gasteiger partial charge on any atom is -0.465 e. The molecule has 7 rings (SSSR count). The van der Waals surface area contributed by atoms with Gasteiger partial charge in [0, 0.05) is 56.9 Å². The van der Waals surface area contributed by atoms with Crippen LogP contribution in [0.4, 0.5) is 23.8 Å². The van der Waals surface area contributed by atoms with Crippen LogP contribution in [0.5, 0.6) is 11.8 Å². The van der Waals surface area contributed by atoms with Crippen molar-refractivity contribution >= 4 is 39.6 Å². The van der Waals surface area contributed by atoms with E-state index < -0.39 is 35.4 Å². The van der Waals surface area contributed by atoms with E-state index in [1.807, 2.05) is 4.90 Å². The summed E-state index contributed by atoms with van der Waals surface area (Å²) in [4.78, 5) is 43.9. The summed E-state index contributed by atoms with van der Waals surface area (Å²) in [5.41, 5.74) is -0.951. The zero-order valence-electron chi connectivity index (χ0n) is 29.5. The molecular weight excluding hydrogens is 693 g/mol. The first-order valence-corrected chi connectivity index (χ1v) is 17.6. The minimum atomic E-state index is -0.962. The van der Waals surface area contributed by atoms with Crippen molar-refractivity contribution in [2.24, 2.45) is 0 Å². The van der Waals surface area contributed by atoms with E-state index in [0.29, 0.717) is 62.3 Å². The summed E-state index contributed by atoms with van der Waals surface area (Å²) in [5.74, 6) is 0.507. The number of fused-ring (bicyclic) bond motifs is 3. The van der Waals surface area contributed by atoms with Crippen LogP contribution in [0.2, 0.25) is 0 Å². The second kappa shape index (κ2) is 15.0. The Morgan fingerprint density at radius 2 is 2.00 bits per heavy atom. The highest BCUT2D eigenvalue weighted by molar-refractivity contribution is 6.03. The van der Waals surface area contributed by atoms with Gasteiger partial charge in [0.2, 0.25) is 0 Å². The fourth-order valence-electron chi connectivity index (χ4n) is 7.56. The lowest BCUT2D eigenvalue weighted by Gasteiger charge is -2.31. The molecule has 2 aromatic carbocycles. The first-order chi connectivity index (χ1) is 25.6. The predicted octanol–water partition coefficient (Wildman–Crippen LogP) is 5.28. The Hall–Kier alpha value is -5.20. The third-order valence-electron chi connectivity index (χ3n) is 10.0. The molecule has 1 amide bonds. The van der Waals surface area contributed by atoms with Gasteiger partial charge in [0.25, 0.3) is 0 Å². The first-order valence-electron chi connectivity index (χ1n) is 17.6. The van der Waals surface area contributed by atoms with Gasteiger partial charge in [-0.15, -0.1) is 6.42 Å². The third kappa shape index (κ3) is 7.13. The number of ether oxygens (including phenoxy) is 4. The number of hydrogen-bond acceptors (Lipinski definition) is 11. The molecule has 4 aromatic rings. The van der Waals surface area contributed by atoms with E-state index in [9.17, 15) is 14.0 Å². The van der Waals surface area contributed by atoms with Crippen LogP contribution in [0, 0.1) is 24.0 Å². The zero-order chi connectivity index (χ0) is 37.3. The van der Waals surface area contributed by atoms with E-state index in [-0.39, 0.29) is 59.2 Å². The Bertz CT molecular complexity index is 2110. The molecule has 278 valence electrons. The predicted molar refractivity (Wildman–Crippen MR) is 190 cm³/mol.